The lowest BCUT2D eigenvalue weighted by atomic mass is 10.1. The van der Waals surface area contributed by atoms with Crippen molar-refractivity contribution in [3.63, 3.8) is 0 Å². The summed E-state index contributed by atoms with van der Waals surface area (Å²) in [5.74, 6) is -0.913. The van der Waals surface area contributed by atoms with E-state index in [1.54, 1.807) is 19.1 Å². The second kappa shape index (κ2) is 5.30. The van der Waals surface area contributed by atoms with Gasteiger partial charge in [0.05, 0.1) is 13.7 Å². The van der Waals surface area contributed by atoms with Crippen molar-refractivity contribution in [2.75, 3.05) is 13.7 Å². The molecule has 0 heterocycles. The van der Waals surface area contributed by atoms with E-state index in [4.69, 9.17) is 4.74 Å². The molecule has 0 fully saturated rings. The van der Waals surface area contributed by atoms with Crippen LogP contribution in [0.2, 0.25) is 0 Å². The Balaban J connectivity index is 2.96. The van der Waals surface area contributed by atoms with E-state index in [0.717, 1.165) is 5.56 Å². The summed E-state index contributed by atoms with van der Waals surface area (Å²) in [6, 6.07) is 4.84. The zero-order chi connectivity index (χ0) is 12.1. The highest BCUT2D eigenvalue weighted by Crippen LogP contribution is 2.19. The van der Waals surface area contributed by atoms with Gasteiger partial charge in [-0.05, 0) is 25.5 Å². The van der Waals surface area contributed by atoms with Crippen LogP contribution in [0.5, 0.6) is 5.75 Å². The summed E-state index contributed by atoms with van der Waals surface area (Å²) in [5.41, 5.74) is 1.18. The molecule has 4 heteroatoms. The van der Waals surface area contributed by atoms with Crippen molar-refractivity contribution in [3.05, 3.63) is 29.3 Å². The number of Topliss-reactive ketones (excluding diaryl/α,β-unsaturated/α-hetero) is 1. The number of ketones is 1. The third kappa shape index (κ3) is 2.59. The van der Waals surface area contributed by atoms with Crippen molar-refractivity contribution < 1.29 is 19.1 Å². The van der Waals surface area contributed by atoms with E-state index in [0.29, 0.717) is 5.75 Å². The highest BCUT2D eigenvalue weighted by molar-refractivity contribution is 6.40. The Hall–Kier alpha value is -1.84. The van der Waals surface area contributed by atoms with Crippen LogP contribution in [-0.2, 0) is 9.53 Å². The molecule has 0 saturated heterocycles. The second-order valence-electron chi connectivity index (χ2n) is 3.23. The summed E-state index contributed by atoms with van der Waals surface area (Å²) in [7, 11) is 1.51. The fourth-order valence-corrected chi connectivity index (χ4v) is 1.28. The number of rotatable bonds is 4. The van der Waals surface area contributed by atoms with Crippen LogP contribution in [0.15, 0.2) is 18.2 Å². The molecule has 86 valence electrons. The van der Waals surface area contributed by atoms with Gasteiger partial charge in [0, 0.05) is 5.56 Å². The van der Waals surface area contributed by atoms with Gasteiger partial charge in [-0.15, -0.1) is 0 Å². The standard InChI is InChI=1S/C12H14O4/c1-4-16-12(14)11(13)9-6-5-8(2)10(7-9)15-3/h5-7H,4H2,1-3H3. The number of hydrogen-bond acceptors (Lipinski definition) is 4. The molecule has 0 aliphatic heterocycles. The third-order valence-electron chi connectivity index (χ3n) is 2.13. The summed E-state index contributed by atoms with van der Waals surface area (Å²) >= 11 is 0. The van der Waals surface area contributed by atoms with Crippen LogP contribution in [0.1, 0.15) is 22.8 Å². The van der Waals surface area contributed by atoms with Gasteiger partial charge in [-0.2, -0.15) is 0 Å². The number of hydrogen-bond donors (Lipinski definition) is 0. The maximum atomic E-state index is 11.6. The van der Waals surface area contributed by atoms with Crippen molar-refractivity contribution in [3.8, 4) is 5.75 Å². The molecule has 0 unspecified atom stereocenters. The van der Waals surface area contributed by atoms with E-state index >= 15 is 0 Å². The number of carbonyl (C=O) groups is 2. The largest absolute Gasteiger partial charge is 0.496 e. The van der Waals surface area contributed by atoms with Crippen LogP contribution in [0.3, 0.4) is 0 Å². The molecule has 1 aromatic rings. The summed E-state index contributed by atoms with van der Waals surface area (Å²) in [4.78, 5) is 22.8. The summed E-state index contributed by atoms with van der Waals surface area (Å²) in [6.07, 6.45) is 0. The Labute approximate surface area is 94.2 Å². The zero-order valence-electron chi connectivity index (χ0n) is 9.57. The van der Waals surface area contributed by atoms with Crippen LogP contribution in [0.4, 0.5) is 0 Å². The van der Waals surface area contributed by atoms with Crippen molar-refractivity contribution >= 4 is 11.8 Å². The SMILES string of the molecule is CCOC(=O)C(=O)c1ccc(C)c(OC)c1. The van der Waals surface area contributed by atoms with E-state index < -0.39 is 11.8 Å². The monoisotopic (exact) mass is 222 g/mol. The van der Waals surface area contributed by atoms with Crippen molar-refractivity contribution in [2.24, 2.45) is 0 Å². The van der Waals surface area contributed by atoms with Crippen molar-refractivity contribution in [1.29, 1.82) is 0 Å². The minimum absolute atomic E-state index is 0.188. The maximum absolute atomic E-state index is 11.6. The highest BCUT2D eigenvalue weighted by atomic mass is 16.5. The molecule has 0 saturated carbocycles. The average Bonchev–Trinajstić information content (AvgIpc) is 2.29. The lowest BCUT2D eigenvalue weighted by molar-refractivity contribution is -0.137. The van der Waals surface area contributed by atoms with Gasteiger partial charge < -0.3 is 9.47 Å². The molecule has 0 aliphatic carbocycles. The van der Waals surface area contributed by atoms with Gasteiger partial charge in [0.2, 0.25) is 0 Å². The first kappa shape index (κ1) is 12.2. The molecule has 1 aromatic carbocycles. The molecule has 0 aromatic heterocycles. The molecule has 1 rings (SSSR count). The summed E-state index contributed by atoms with van der Waals surface area (Å²) < 4.78 is 9.70. The van der Waals surface area contributed by atoms with Gasteiger partial charge in [-0.3, -0.25) is 4.79 Å². The van der Waals surface area contributed by atoms with Crippen molar-refractivity contribution in [2.45, 2.75) is 13.8 Å². The van der Waals surface area contributed by atoms with Gasteiger partial charge in [-0.1, -0.05) is 12.1 Å². The minimum atomic E-state index is -0.839. The molecular formula is C12H14O4. The van der Waals surface area contributed by atoms with Crippen LogP contribution in [0, 0.1) is 6.92 Å². The first-order valence-electron chi connectivity index (χ1n) is 4.96. The normalized spacial score (nSPS) is 9.69. The van der Waals surface area contributed by atoms with Crippen molar-refractivity contribution in [1.82, 2.24) is 0 Å². The van der Waals surface area contributed by atoms with Crippen LogP contribution in [-0.4, -0.2) is 25.5 Å². The summed E-state index contributed by atoms with van der Waals surface area (Å²) in [6.45, 7) is 3.70. The molecule has 16 heavy (non-hydrogen) atoms. The molecule has 0 bridgehead atoms. The molecule has 0 amide bonds. The Morgan fingerprint density at radius 3 is 2.56 bits per heavy atom. The highest BCUT2D eigenvalue weighted by Gasteiger charge is 2.18. The Morgan fingerprint density at radius 2 is 2.00 bits per heavy atom. The molecule has 4 nitrogen and oxygen atoms in total. The van der Waals surface area contributed by atoms with Gasteiger partial charge in [0.25, 0.3) is 5.78 Å². The molecule has 0 radical (unpaired) electrons. The Morgan fingerprint density at radius 1 is 1.31 bits per heavy atom. The molecule has 0 aliphatic rings. The van der Waals surface area contributed by atoms with Crippen LogP contribution >= 0.6 is 0 Å². The van der Waals surface area contributed by atoms with E-state index in [1.807, 2.05) is 6.92 Å². The maximum Gasteiger partial charge on any atom is 0.379 e. The van der Waals surface area contributed by atoms with Gasteiger partial charge in [-0.25, -0.2) is 4.79 Å². The van der Waals surface area contributed by atoms with E-state index in [2.05, 4.69) is 4.74 Å². The Bertz CT molecular complexity index is 409. The number of benzene rings is 1. The predicted molar refractivity (Wildman–Crippen MR) is 58.7 cm³/mol. The summed E-state index contributed by atoms with van der Waals surface area (Å²) in [5, 5.41) is 0. The predicted octanol–water partition coefficient (Wildman–Crippen LogP) is 1.75. The van der Waals surface area contributed by atoms with Crippen LogP contribution < -0.4 is 4.74 Å². The fraction of sp³-hybridized carbons (Fsp3) is 0.333. The smallest absolute Gasteiger partial charge is 0.379 e. The zero-order valence-corrected chi connectivity index (χ0v) is 9.57. The van der Waals surface area contributed by atoms with Crippen LogP contribution in [0.25, 0.3) is 0 Å². The first-order valence-corrected chi connectivity index (χ1v) is 4.96. The number of methoxy groups -OCH3 is 1. The second-order valence-corrected chi connectivity index (χ2v) is 3.23. The van der Waals surface area contributed by atoms with Gasteiger partial charge in [0.1, 0.15) is 5.75 Å². The molecule has 0 N–H and O–H groups in total. The van der Waals surface area contributed by atoms with E-state index in [-0.39, 0.29) is 12.2 Å². The molecular weight excluding hydrogens is 208 g/mol. The van der Waals surface area contributed by atoms with E-state index in [9.17, 15) is 9.59 Å². The lowest BCUT2D eigenvalue weighted by Gasteiger charge is -2.06. The Kier molecular flexibility index (Phi) is 4.05. The minimum Gasteiger partial charge on any atom is -0.496 e. The fourth-order valence-electron chi connectivity index (χ4n) is 1.28. The molecule has 0 spiro atoms. The first-order chi connectivity index (χ1) is 7.60. The third-order valence-corrected chi connectivity index (χ3v) is 2.13. The number of carbonyl (C=O) groups excluding carboxylic acids is 2. The van der Waals surface area contributed by atoms with Gasteiger partial charge >= 0.3 is 5.97 Å². The number of ether oxygens (including phenoxy) is 2. The molecule has 0 atom stereocenters. The van der Waals surface area contributed by atoms with E-state index in [1.165, 1.54) is 13.2 Å². The topological polar surface area (TPSA) is 52.6 Å². The quantitative estimate of drug-likeness (QED) is 0.442. The number of esters is 1. The number of aryl methyl sites for hydroxylation is 1. The average molecular weight is 222 g/mol. The van der Waals surface area contributed by atoms with Gasteiger partial charge in [0.15, 0.2) is 0 Å². The lowest BCUT2D eigenvalue weighted by Crippen LogP contribution is -2.17.